The summed E-state index contributed by atoms with van der Waals surface area (Å²) in [6, 6.07) is 3.98. The lowest BCUT2D eigenvalue weighted by atomic mass is 10.5. The van der Waals surface area contributed by atoms with Crippen LogP contribution in [0.25, 0.3) is 0 Å². The van der Waals surface area contributed by atoms with Gasteiger partial charge in [-0.15, -0.1) is 0 Å². The molecule has 44 valence electrons. The van der Waals surface area contributed by atoms with E-state index in [-0.39, 0.29) is 0 Å². The van der Waals surface area contributed by atoms with Gasteiger partial charge in [0, 0.05) is 23.2 Å². The number of nitrogens with zero attached hydrogens (tertiary/aromatic N) is 1. The molecule has 1 aromatic rings. The summed E-state index contributed by atoms with van der Waals surface area (Å²) in [6.07, 6.45) is 0. The molecule has 1 rings (SSSR count). The van der Waals surface area contributed by atoms with Gasteiger partial charge >= 0.3 is 0 Å². The minimum absolute atomic E-state index is 1.09. The van der Waals surface area contributed by atoms with Crippen molar-refractivity contribution >= 4 is 11.8 Å². The normalized spacial score (nSPS) is 9.88. The highest BCUT2D eigenvalue weighted by Crippen LogP contribution is 2.07. The first kappa shape index (κ1) is 5.70. The molecule has 0 spiro atoms. The number of hydrogen-bond acceptors (Lipinski definition) is 0. The highest BCUT2D eigenvalue weighted by Gasteiger charge is 1.93. The summed E-state index contributed by atoms with van der Waals surface area (Å²) >= 11 is 5.71. The molecule has 0 bridgehead atoms. The second kappa shape index (κ2) is 1.82. The quantitative estimate of drug-likeness (QED) is 0.506. The third kappa shape index (κ3) is 0.736. The Labute approximate surface area is 54.0 Å². The maximum absolute atomic E-state index is 5.71. The van der Waals surface area contributed by atoms with Gasteiger partial charge in [-0.05, 0) is 26.0 Å². The number of aromatic nitrogens is 1. The third-order valence-corrected chi connectivity index (χ3v) is 1.72. The fourth-order valence-corrected chi connectivity index (χ4v) is 0.763. The van der Waals surface area contributed by atoms with Crippen molar-refractivity contribution < 1.29 is 0 Å². The van der Waals surface area contributed by atoms with E-state index in [1.54, 1.807) is 4.09 Å². The van der Waals surface area contributed by atoms with E-state index in [2.05, 4.69) is 0 Å². The maximum Gasteiger partial charge on any atom is 0.0321 e. The van der Waals surface area contributed by atoms with Gasteiger partial charge < -0.3 is 0 Å². The highest BCUT2D eigenvalue weighted by atomic mass is 35.5. The molecular formula is C6H8ClN. The van der Waals surface area contributed by atoms with Crippen LogP contribution in [0.15, 0.2) is 12.1 Å². The number of halogens is 1. The van der Waals surface area contributed by atoms with Crippen LogP contribution in [0.2, 0.25) is 0 Å². The average molecular weight is 130 g/mol. The van der Waals surface area contributed by atoms with Gasteiger partial charge in [0.25, 0.3) is 0 Å². The number of hydrogen-bond donors (Lipinski definition) is 0. The first-order valence-electron chi connectivity index (χ1n) is 2.53. The third-order valence-electron chi connectivity index (χ3n) is 1.19. The van der Waals surface area contributed by atoms with Crippen molar-refractivity contribution in [2.75, 3.05) is 0 Å². The summed E-state index contributed by atoms with van der Waals surface area (Å²) in [5.41, 5.74) is 2.17. The second-order valence-corrected chi connectivity index (χ2v) is 2.23. The van der Waals surface area contributed by atoms with E-state index >= 15 is 0 Å². The van der Waals surface area contributed by atoms with Crippen molar-refractivity contribution in [2.45, 2.75) is 13.8 Å². The molecule has 0 amide bonds. The van der Waals surface area contributed by atoms with E-state index in [0.29, 0.717) is 0 Å². The first-order chi connectivity index (χ1) is 3.72. The number of rotatable bonds is 0. The van der Waals surface area contributed by atoms with Crippen molar-refractivity contribution in [1.82, 2.24) is 4.09 Å². The Morgan fingerprint density at radius 1 is 1.25 bits per heavy atom. The Kier molecular flexibility index (Phi) is 1.30. The minimum atomic E-state index is 1.09. The first-order valence-corrected chi connectivity index (χ1v) is 2.86. The fraction of sp³-hybridized carbons (Fsp3) is 0.333. The van der Waals surface area contributed by atoms with Crippen molar-refractivity contribution in [3.05, 3.63) is 23.5 Å². The number of aryl methyl sites for hydroxylation is 2. The molecule has 1 aromatic heterocycles. The molecule has 0 aliphatic heterocycles. The van der Waals surface area contributed by atoms with E-state index in [9.17, 15) is 0 Å². The zero-order chi connectivity index (χ0) is 6.15. The lowest BCUT2D eigenvalue weighted by molar-refractivity contribution is 1.09. The predicted molar refractivity (Wildman–Crippen MR) is 35.2 cm³/mol. The Balaban J connectivity index is 3.19. The molecule has 0 aliphatic carbocycles. The van der Waals surface area contributed by atoms with Gasteiger partial charge in [-0.3, -0.25) is 4.09 Å². The van der Waals surface area contributed by atoms with Crippen molar-refractivity contribution in [3.63, 3.8) is 0 Å². The summed E-state index contributed by atoms with van der Waals surface area (Å²) in [6.45, 7) is 3.94. The second-order valence-electron chi connectivity index (χ2n) is 1.90. The Bertz CT molecular complexity index is 171. The van der Waals surface area contributed by atoms with Crippen LogP contribution in [0.5, 0.6) is 0 Å². The van der Waals surface area contributed by atoms with E-state index in [0.717, 1.165) is 11.4 Å². The molecule has 0 aliphatic rings. The molecule has 0 saturated heterocycles. The topological polar surface area (TPSA) is 4.93 Å². The van der Waals surface area contributed by atoms with Gasteiger partial charge in [-0.2, -0.15) is 0 Å². The molecular weight excluding hydrogens is 122 g/mol. The van der Waals surface area contributed by atoms with Gasteiger partial charge in [0.15, 0.2) is 0 Å². The zero-order valence-corrected chi connectivity index (χ0v) is 5.74. The monoisotopic (exact) mass is 129 g/mol. The van der Waals surface area contributed by atoms with Gasteiger partial charge in [-0.25, -0.2) is 0 Å². The van der Waals surface area contributed by atoms with Crippen molar-refractivity contribution in [2.24, 2.45) is 0 Å². The molecule has 8 heavy (non-hydrogen) atoms. The summed E-state index contributed by atoms with van der Waals surface area (Å²) in [5.74, 6) is 0. The van der Waals surface area contributed by atoms with E-state index in [1.165, 1.54) is 0 Å². The Morgan fingerprint density at radius 2 is 1.62 bits per heavy atom. The summed E-state index contributed by atoms with van der Waals surface area (Å²) < 4.78 is 1.64. The van der Waals surface area contributed by atoms with Crippen molar-refractivity contribution in [1.29, 1.82) is 0 Å². The van der Waals surface area contributed by atoms with Crippen LogP contribution >= 0.6 is 11.8 Å². The average Bonchev–Trinajstić information content (AvgIpc) is 1.98. The van der Waals surface area contributed by atoms with E-state index in [1.807, 2.05) is 26.0 Å². The minimum Gasteiger partial charge on any atom is -0.262 e. The van der Waals surface area contributed by atoms with Crippen LogP contribution in [0.3, 0.4) is 0 Å². The molecule has 0 N–H and O–H groups in total. The molecule has 0 fully saturated rings. The largest absolute Gasteiger partial charge is 0.262 e. The zero-order valence-electron chi connectivity index (χ0n) is 4.98. The summed E-state index contributed by atoms with van der Waals surface area (Å²) in [7, 11) is 0. The summed E-state index contributed by atoms with van der Waals surface area (Å²) in [5, 5.41) is 0. The maximum atomic E-state index is 5.71. The van der Waals surface area contributed by atoms with Crippen LogP contribution in [0, 0.1) is 13.8 Å². The molecule has 0 radical (unpaired) electrons. The van der Waals surface area contributed by atoms with E-state index in [4.69, 9.17) is 11.8 Å². The Morgan fingerprint density at radius 3 is 1.75 bits per heavy atom. The Hall–Kier alpha value is -0.430. The lowest BCUT2D eigenvalue weighted by Crippen LogP contribution is -1.83. The van der Waals surface area contributed by atoms with Gasteiger partial charge in [-0.1, -0.05) is 0 Å². The summed E-state index contributed by atoms with van der Waals surface area (Å²) in [4.78, 5) is 0. The molecule has 2 heteroatoms. The van der Waals surface area contributed by atoms with Crippen molar-refractivity contribution in [3.8, 4) is 0 Å². The van der Waals surface area contributed by atoms with Crippen LogP contribution in [0.4, 0.5) is 0 Å². The molecule has 1 heterocycles. The fourth-order valence-electron chi connectivity index (χ4n) is 0.650. The van der Waals surface area contributed by atoms with E-state index < -0.39 is 0 Å². The molecule has 0 aromatic carbocycles. The smallest absolute Gasteiger partial charge is 0.0321 e. The molecule has 0 saturated carbocycles. The SMILES string of the molecule is Cc1ccc(C)n1Cl. The van der Waals surface area contributed by atoms with Gasteiger partial charge in [0.05, 0.1) is 0 Å². The lowest BCUT2D eigenvalue weighted by Gasteiger charge is -1.92. The standard InChI is InChI=1S/C6H8ClN/c1-5-3-4-6(2)8(5)7/h3-4H,1-2H3. The molecule has 0 atom stereocenters. The highest BCUT2D eigenvalue weighted by molar-refractivity contribution is 6.16. The van der Waals surface area contributed by atoms with Crippen LogP contribution in [0.1, 0.15) is 11.4 Å². The molecule has 0 unspecified atom stereocenters. The molecule has 1 nitrogen and oxygen atoms in total. The van der Waals surface area contributed by atoms with Crippen LogP contribution in [-0.4, -0.2) is 4.09 Å². The van der Waals surface area contributed by atoms with Crippen LogP contribution in [-0.2, 0) is 0 Å². The van der Waals surface area contributed by atoms with Gasteiger partial charge in [0.2, 0.25) is 0 Å². The predicted octanol–water partition coefficient (Wildman–Crippen LogP) is 2.11. The van der Waals surface area contributed by atoms with Crippen LogP contribution < -0.4 is 0 Å². The van der Waals surface area contributed by atoms with Gasteiger partial charge in [0.1, 0.15) is 0 Å².